The fourth-order valence-corrected chi connectivity index (χ4v) is 1.70. The van der Waals surface area contributed by atoms with E-state index in [-0.39, 0.29) is 29.5 Å². The Kier molecular flexibility index (Phi) is 5.29. The highest BCUT2D eigenvalue weighted by atomic mass is 16.4. The van der Waals surface area contributed by atoms with E-state index in [4.69, 9.17) is 5.11 Å². The van der Waals surface area contributed by atoms with Crippen molar-refractivity contribution in [2.24, 2.45) is 0 Å². The van der Waals surface area contributed by atoms with Crippen LogP contribution < -0.4 is 10.6 Å². The summed E-state index contributed by atoms with van der Waals surface area (Å²) in [4.78, 5) is 27.2. The molecule has 1 aromatic heterocycles. The second-order valence-electron chi connectivity index (χ2n) is 6.28. The summed E-state index contributed by atoms with van der Waals surface area (Å²) in [5, 5.41) is 14.8. The van der Waals surface area contributed by atoms with E-state index in [1.807, 2.05) is 34.6 Å². The number of amides is 1. The third-order valence-electron chi connectivity index (χ3n) is 2.63. The maximum absolute atomic E-state index is 11.8. The maximum atomic E-state index is 11.8. The molecule has 0 radical (unpaired) electrons. The highest BCUT2D eigenvalue weighted by molar-refractivity contribution is 5.89. The molecule has 0 unspecified atom stereocenters. The molecule has 0 saturated heterocycles. The van der Waals surface area contributed by atoms with E-state index in [0.717, 1.165) is 0 Å². The van der Waals surface area contributed by atoms with Crippen LogP contribution in [0.4, 0.5) is 5.82 Å². The van der Waals surface area contributed by atoms with Crippen molar-refractivity contribution >= 4 is 17.7 Å². The molecular formula is C15H23N3O3. The molecule has 0 fully saturated rings. The van der Waals surface area contributed by atoms with Crippen molar-refractivity contribution < 1.29 is 14.7 Å². The Bertz CT molecular complexity index is 533. The van der Waals surface area contributed by atoms with Crippen molar-refractivity contribution in [2.45, 2.75) is 46.1 Å². The van der Waals surface area contributed by atoms with Crippen LogP contribution in [0.2, 0.25) is 0 Å². The molecule has 0 aliphatic rings. The molecule has 21 heavy (non-hydrogen) atoms. The van der Waals surface area contributed by atoms with Crippen LogP contribution in [0.25, 0.3) is 0 Å². The Morgan fingerprint density at radius 1 is 1.29 bits per heavy atom. The fraction of sp³-hybridized carbons (Fsp3) is 0.533. The van der Waals surface area contributed by atoms with E-state index in [9.17, 15) is 9.59 Å². The van der Waals surface area contributed by atoms with Crippen LogP contribution in [-0.2, 0) is 4.79 Å². The van der Waals surface area contributed by atoms with Gasteiger partial charge in [0.05, 0.1) is 12.1 Å². The third kappa shape index (κ3) is 5.81. The number of anilines is 1. The molecule has 6 nitrogen and oxygen atoms in total. The van der Waals surface area contributed by atoms with Gasteiger partial charge in [0.25, 0.3) is 0 Å². The van der Waals surface area contributed by atoms with Crippen molar-refractivity contribution in [3.63, 3.8) is 0 Å². The van der Waals surface area contributed by atoms with Gasteiger partial charge < -0.3 is 15.7 Å². The summed E-state index contributed by atoms with van der Waals surface area (Å²) < 4.78 is 0. The first-order chi connectivity index (χ1) is 9.58. The molecule has 0 aliphatic heterocycles. The molecule has 0 bridgehead atoms. The number of aromatic nitrogens is 1. The smallest absolute Gasteiger partial charge is 0.335 e. The molecule has 1 rings (SSSR count). The molecule has 116 valence electrons. The molecule has 6 heteroatoms. The molecule has 1 aromatic rings. The van der Waals surface area contributed by atoms with Gasteiger partial charge in [-0.15, -0.1) is 0 Å². The second-order valence-corrected chi connectivity index (χ2v) is 6.28. The molecule has 0 atom stereocenters. The lowest BCUT2D eigenvalue weighted by Crippen LogP contribution is -2.43. The Morgan fingerprint density at radius 3 is 2.38 bits per heavy atom. The first-order valence-corrected chi connectivity index (χ1v) is 6.88. The van der Waals surface area contributed by atoms with Crippen LogP contribution in [0.1, 0.15) is 56.6 Å². The minimum Gasteiger partial charge on any atom is -0.478 e. The van der Waals surface area contributed by atoms with Crippen LogP contribution in [0, 0.1) is 0 Å². The zero-order chi connectivity index (χ0) is 16.2. The summed E-state index contributed by atoms with van der Waals surface area (Å²) in [5.41, 5.74) is 0.527. The van der Waals surface area contributed by atoms with Crippen LogP contribution in [0.5, 0.6) is 0 Å². The summed E-state index contributed by atoms with van der Waals surface area (Å²) >= 11 is 0. The third-order valence-corrected chi connectivity index (χ3v) is 2.63. The van der Waals surface area contributed by atoms with Crippen LogP contribution in [0.15, 0.2) is 12.1 Å². The molecule has 0 spiro atoms. The topological polar surface area (TPSA) is 91.3 Å². The van der Waals surface area contributed by atoms with Gasteiger partial charge >= 0.3 is 5.97 Å². The van der Waals surface area contributed by atoms with Crippen molar-refractivity contribution in [1.29, 1.82) is 0 Å². The average Bonchev–Trinajstić information content (AvgIpc) is 2.33. The molecular weight excluding hydrogens is 270 g/mol. The number of aromatic carboxylic acids is 1. The van der Waals surface area contributed by atoms with E-state index < -0.39 is 5.97 Å². The van der Waals surface area contributed by atoms with Crippen molar-refractivity contribution in [2.75, 3.05) is 11.9 Å². The Hall–Kier alpha value is -2.11. The van der Waals surface area contributed by atoms with Crippen molar-refractivity contribution in [3.05, 3.63) is 23.4 Å². The van der Waals surface area contributed by atoms with Crippen molar-refractivity contribution in [3.8, 4) is 0 Å². The maximum Gasteiger partial charge on any atom is 0.335 e. The Morgan fingerprint density at radius 2 is 1.90 bits per heavy atom. The van der Waals surface area contributed by atoms with Crippen LogP contribution in [0.3, 0.4) is 0 Å². The number of pyridine rings is 1. The number of carboxylic acid groups (broad SMARTS) is 1. The minimum absolute atomic E-state index is 0.0465. The largest absolute Gasteiger partial charge is 0.478 e. The molecule has 0 aliphatic carbocycles. The summed E-state index contributed by atoms with van der Waals surface area (Å²) in [6.07, 6.45) is 0. The fourth-order valence-electron chi connectivity index (χ4n) is 1.70. The first kappa shape index (κ1) is 16.9. The first-order valence-electron chi connectivity index (χ1n) is 6.88. The molecule has 0 aromatic carbocycles. The van der Waals surface area contributed by atoms with Gasteiger partial charge in [-0.05, 0) is 38.8 Å². The molecule has 3 N–H and O–H groups in total. The number of carbonyl (C=O) groups excluding carboxylic acids is 1. The van der Waals surface area contributed by atoms with Gasteiger partial charge in [-0.25, -0.2) is 9.78 Å². The number of hydrogen-bond acceptors (Lipinski definition) is 4. The van der Waals surface area contributed by atoms with Crippen molar-refractivity contribution in [1.82, 2.24) is 10.3 Å². The zero-order valence-corrected chi connectivity index (χ0v) is 13.2. The quantitative estimate of drug-likeness (QED) is 0.774. The van der Waals surface area contributed by atoms with Gasteiger partial charge in [-0.1, -0.05) is 13.8 Å². The standard InChI is InChI=1S/C15H23N3O3/c1-9(2)11-6-10(14(20)21)7-12(17-11)16-8-13(19)18-15(3,4)5/h6-7,9H,8H2,1-5H3,(H,16,17)(H,18,19)(H,20,21). The average molecular weight is 293 g/mol. The van der Waals surface area contributed by atoms with E-state index in [1.54, 1.807) is 6.07 Å². The summed E-state index contributed by atoms with van der Waals surface area (Å²) in [5.74, 6) is -0.687. The van der Waals surface area contributed by atoms with E-state index in [2.05, 4.69) is 15.6 Å². The van der Waals surface area contributed by atoms with Gasteiger partial charge in [0, 0.05) is 11.2 Å². The number of carboxylic acids is 1. The van der Waals surface area contributed by atoms with E-state index in [0.29, 0.717) is 11.5 Å². The van der Waals surface area contributed by atoms with Gasteiger partial charge in [0.2, 0.25) is 5.91 Å². The number of nitrogens with one attached hydrogen (secondary N) is 2. The summed E-state index contributed by atoms with van der Waals surface area (Å²) in [6.45, 7) is 9.60. The molecule has 0 saturated carbocycles. The highest BCUT2D eigenvalue weighted by Crippen LogP contribution is 2.17. The molecule has 1 heterocycles. The van der Waals surface area contributed by atoms with Gasteiger partial charge in [0.1, 0.15) is 5.82 Å². The normalized spacial score (nSPS) is 11.3. The zero-order valence-electron chi connectivity index (χ0n) is 13.2. The van der Waals surface area contributed by atoms with Gasteiger partial charge in [-0.2, -0.15) is 0 Å². The monoisotopic (exact) mass is 293 g/mol. The second kappa shape index (κ2) is 6.56. The van der Waals surface area contributed by atoms with Crippen LogP contribution >= 0.6 is 0 Å². The predicted molar refractivity (Wildman–Crippen MR) is 81.7 cm³/mol. The van der Waals surface area contributed by atoms with Crippen LogP contribution in [-0.4, -0.2) is 34.1 Å². The summed E-state index contributed by atoms with van der Waals surface area (Å²) in [7, 11) is 0. The lowest BCUT2D eigenvalue weighted by molar-refractivity contribution is -0.120. The summed E-state index contributed by atoms with van der Waals surface area (Å²) in [6, 6.07) is 2.98. The lowest BCUT2D eigenvalue weighted by Gasteiger charge is -2.20. The lowest BCUT2D eigenvalue weighted by atomic mass is 10.1. The highest BCUT2D eigenvalue weighted by Gasteiger charge is 2.15. The van der Waals surface area contributed by atoms with Gasteiger partial charge in [-0.3, -0.25) is 4.79 Å². The SMILES string of the molecule is CC(C)c1cc(C(=O)O)cc(NCC(=O)NC(C)(C)C)n1. The Labute approximate surface area is 125 Å². The number of hydrogen-bond donors (Lipinski definition) is 3. The minimum atomic E-state index is -1.01. The van der Waals surface area contributed by atoms with E-state index in [1.165, 1.54) is 6.07 Å². The number of rotatable bonds is 5. The number of carbonyl (C=O) groups is 2. The molecule has 1 amide bonds. The van der Waals surface area contributed by atoms with Gasteiger partial charge in [0.15, 0.2) is 0 Å². The predicted octanol–water partition coefficient (Wildman–Crippen LogP) is 2.23. The number of nitrogens with zero attached hydrogens (tertiary/aromatic N) is 1. The van der Waals surface area contributed by atoms with E-state index >= 15 is 0 Å². The Balaban J connectivity index is 2.83.